The standard InChI is InChI=1S/C78H127N19O19S/c1-13-44(8)61(94-66(105)50(28-22-33-84-77(80)81)87-65(104)51(32-35-117-12)86-64(103)49(79)30-31-59(99)100)73(112)93-57(41-98)75(114)97(11)58(29-23-34-85-78(82)83)71(110)95-63(46(10)15-3)74(113)96-62(45(9)14-2)72(111)91-53(37-43(6)7)67(106)90-55(40-60(101)102)70(109)89-54(38-47-24-18-16-19-25-47)69(108)88-52(36-42(4)5)68(107)92-56(76(115)116)39-48-26-20-17-21-27-48/h16-21,24-27,42-46,49-58,61-63,98H,13-15,22-23,28-41,79H2,1-12H3,(H,86,103)(H,87,104)(H,88,108)(H,89,109)(H,90,106)(H,91,111)(H,92,107)(H,93,112)(H,94,105)(H,95,110)(H,96,113)(H,99,100)(H,101,102)(H,115,116)(H4,80,81,84)(H4,82,83,85)/t44-,45-,46-,49-,50-,51-,52-,53-,54-,55-,56-,57-,58-,61-,62-,63-/m0/s1. The lowest BCUT2D eigenvalue weighted by molar-refractivity contribution is -0.144. The van der Waals surface area contributed by atoms with Gasteiger partial charge < -0.3 is 112 Å². The smallest absolute Gasteiger partial charge is 0.326 e. The van der Waals surface area contributed by atoms with Crippen LogP contribution < -0.4 is 87.2 Å². The number of aliphatic hydroxyl groups excluding tert-OH is 1. The van der Waals surface area contributed by atoms with Crippen molar-refractivity contribution in [2.24, 2.45) is 68.2 Å². The van der Waals surface area contributed by atoms with Crippen LogP contribution in [0.15, 0.2) is 70.6 Å². The first-order valence-electron chi connectivity index (χ1n) is 39.4. The maximum absolute atomic E-state index is 14.9. The molecule has 0 bridgehead atoms. The van der Waals surface area contributed by atoms with Gasteiger partial charge in [0.15, 0.2) is 11.9 Å². The fourth-order valence-electron chi connectivity index (χ4n) is 12.2. The average molecular weight is 1670 g/mol. The van der Waals surface area contributed by atoms with E-state index in [4.69, 9.17) is 33.8 Å². The predicted molar refractivity (Wildman–Crippen MR) is 440 cm³/mol. The molecule has 117 heavy (non-hydrogen) atoms. The number of thioether (sulfide) groups is 1. The molecule has 16 atom stereocenters. The van der Waals surface area contributed by atoms with Crippen molar-refractivity contribution in [3.63, 3.8) is 0 Å². The van der Waals surface area contributed by atoms with Crippen molar-refractivity contribution in [1.29, 1.82) is 0 Å². The third-order valence-corrected chi connectivity index (χ3v) is 20.2. The lowest BCUT2D eigenvalue weighted by Crippen LogP contribution is -2.63. The minimum Gasteiger partial charge on any atom is -0.481 e. The fourth-order valence-corrected chi connectivity index (χ4v) is 12.7. The van der Waals surface area contributed by atoms with Crippen molar-refractivity contribution < 1.29 is 92.3 Å². The van der Waals surface area contributed by atoms with E-state index in [1.807, 2.05) is 0 Å². The van der Waals surface area contributed by atoms with Crippen molar-refractivity contribution in [1.82, 2.24) is 63.4 Å². The molecule has 38 nitrogen and oxygen atoms in total. The molecule has 0 fully saturated rings. The Bertz CT molecular complexity index is 3650. The minimum atomic E-state index is -1.91. The second-order valence-electron chi connectivity index (χ2n) is 30.0. The number of nitrogens with two attached hydrogens (primary N) is 5. The zero-order chi connectivity index (χ0) is 88.3. The zero-order valence-corrected chi connectivity index (χ0v) is 70.0. The Hall–Kier alpha value is -10.7. The van der Waals surface area contributed by atoms with E-state index in [1.54, 1.807) is 136 Å². The second kappa shape index (κ2) is 53.5. The summed E-state index contributed by atoms with van der Waals surface area (Å²) in [4.78, 5) is 218. The lowest BCUT2D eigenvalue weighted by Gasteiger charge is -2.34. The van der Waals surface area contributed by atoms with E-state index in [2.05, 4.69) is 68.5 Å². The number of nitrogens with one attached hydrogen (secondary N) is 11. The summed E-state index contributed by atoms with van der Waals surface area (Å²) in [5.41, 5.74) is 29.4. The van der Waals surface area contributed by atoms with E-state index >= 15 is 0 Å². The summed E-state index contributed by atoms with van der Waals surface area (Å²) in [6.45, 7) is 15.9. The first kappa shape index (κ1) is 102. The third kappa shape index (κ3) is 37.8. The van der Waals surface area contributed by atoms with Crippen LogP contribution in [0.4, 0.5) is 0 Å². The number of hydrogen-bond acceptors (Lipinski definition) is 20. The van der Waals surface area contributed by atoms with Gasteiger partial charge in [0.05, 0.1) is 19.1 Å². The van der Waals surface area contributed by atoms with Gasteiger partial charge in [0.25, 0.3) is 0 Å². The van der Waals surface area contributed by atoms with Crippen LogP contribution in [0.5, 0.6) is 0 Å². The maximum Gasteiger partial charge on any atom is 0.326 e. The van der Waals surface area contributed by atoms with Gasteiger partial charge in [0.1, 0.15) is 72.5 Å². The van der Waals surface area contributed by atoms with Gasteiger partial charge in [-0.25, -0.2) is 4.79 Å². The molecule has 12 amide bonds. The molecule has 39 heteroatoms. The molecule has 654 valence electrons. The molecule has 2 aromatic carbocycles. The van der Waals surface area contributed by atoms with Crippen LogP contribution in [0.3, 0.4) is 0 Å². The van der Waals surface area contributed by atoms with Gasteiger partial charge in [0, 0.05) is 39.4 Å². The topological polar surface area (TPSA) is 627 Å². The SMILES string of the molecule is CC[C@H](C)[C@H](NC(=O)[C@H](CCCN=C(N)N)NC(=O)[C@H](CCSC)NC(=O)[C@@H](N)CCC(=O)O)C(=O)N[C@@H](CO)C(=O)N(C)[C@@H](CCCN=C(N)N)C(=O)N[C@H](C(=O)N[C@H](C(=O)N[C@@H](CC(C)C)C(=O)N[C@@H](CC(=O)O)C(=O)N[C@@H](Cc1ccccc1)C(=O)N[C@@H](CC(C)C)C(=O)N[C@@H](Cc1ccccc1)C(=O)O)[C@@H](C)CC)[C@@H](C)CC. The van der Waals surface area contributed by atoms with Crippen LogP contribution in [0, 0.1) is 29.6 Å². The minimum absolute atomic E-state index is 0.00128. The van der Waals surface area contributed by atoms with Crippen LogP contribution in [0.25, 0.3) is 0 Å². The molecule has 0 saturated heterocycles. The lowest BCUT2D eigenvalue weighted by atomic mass is 9.94. The highest BCUT2D eigenvalue weighted by Gasteiger charge is 2.41. The normalized spacial score (nSPS) is 15.3. The second-order valence-corrected chi connectivity index (χ2v) is 31.0. The predicted octanol–water partition coefficient (Wildman–Crippen LogP) is -1.53. The van der Waals surface area contributed by atoms with Gasteiger partial charge in [-0.2, -0.15) is 11.8 Å². The zero-order valence-electron chi connectivity index (χ0n) is 69.2. The molecule has 0 aromatic heterocycles. The van der Waals surface area contributed by atoms with E-state index in [9.17, 15) is 87.2 Å². The third-order valence-electron chi connectivity index (χ3n) is 19.6. The van der Waals surface area contributed by atoms with Gasteiger partial charge in [-0.05, 0) is 104 Å². The van der Waals surface area contributed by atoms with Crippen molar-refractivity contribution in [3.05, 3.63) is 71.8 Å². The molecule has 2 aromatic rings. The molecule has 0 unspecified atom stereocenters. The molecule has 0 saturated carbocycles. The monoisotopic (exact) mass is 1670 g/mol. The molecular formula is C78H127N19O19S. The average Bonchev–Trinajstić information content (AvgIpc) is 0.832. The number of carbonyl (C=O) groups is 15. The number of rotatable bonds is 56. The van der Waals surface area contributed by atoms with E-state index in [0.29, 0.717) is 16.9 Å². The van der Waals surface area contributed by atoms with Gasteiger partial charge >= 0.3 is 17.9 Å². The van der Waals surface area contributed by atoms with Crippen LogP contribution >= 0.6 is 11.8 Å². The Morgan fingerprint density at radius 1 is 0.427 bits per heavy atom. The van der Waals surface area contributed by atoms with Gasteiger partial charge in [-0.15, -0.1) is 0 Å². The number of likely N-dealkylation sites (N-methyl/N-ethyl adjacent to an activating group) is 1. The summed E-state index contributed by atoms with van der Waals surface area (Å²) >= 11 is 1.35. The number of carbonyl (C=O) groups excluding carboxylic acids is 12. The molecule has 0 aliphatic heterocycles. The molecule has 25 N–H and O–H groups in total. The van der Waals surface area contributed by atoms with Gasteiger partial charge in [-0.3, -0.25) is 77.1 Å². The van der Waals surface area contributed by atoms with Crippen LogP contribution in [-0.2, 0) is 84.8 Å². The summed E-state index contributed by atoms with van der Waals surface area (Å²) in [6, 6.07) is -2.45. The molecular weight excluding hydrogens is 1540 g/mol. The molecule has 0 aliphatic carbocycles. The number of benzene rings is 2. The molecule has 0 heterocycles. The van der Waals surface area contributed by atoms with Crippen molar-refractivity contribution in [2.75, 3.05) is 38.8 Å². The Balaban J connectivity index is 2.59. The van der Waals surface area contributed by atoms with Crippen molar-refractivity contribution >= 4 is 112 Å². The molecule has 2 rings (SSSR count). The van der Waals surface area contributed by atoms with E-state index < -0.39 is 205 Å². The number of nitrogens with zero attached hydrogens (tertiary/aromatic N) is 3. The number of aliphatic carboxylic acids is 3. The number of carboxylic acids is 3. The van der Waals surface area contributed by atoms with E-state index in [1.165, 1.54) is 18.8 Å². The molecule has 0 spiro atoms. The number of aliphatic hydroxyl groups is 1. The Kier molecular flexibility index (Phi) is 46.8. The Morgan fingerprint density at radius 3 is 1.22 bits per heavy atom. The van der Waals surface area contributed by atoms with Crippen LogP contribution in [-0.4, -0.2) is 243 Å². The summed E-state index contributed by atoms with van der Waals surface area (Å²) < 4.78 is 0. The molecule has 0 aliphatic rings. The summed E-state index contributed by atoms with van der Waals surface area (Å²) in [7, 11) is 1.21. The Morgan fingerprint density at radius 2 is 0.786 bits per heavy atom. The first-order chi connectivity index (χ1) is 55.1. The highest BCUT2D eigenvalue weighted by molar-refractivity contribution is 7.98. The highest BCUT2D eigenvalue weighted by atomic mass is 32.2. The van der Waals surface area contributed by atoms with E-state index in [0.717, 1.165) is 4.90 Å². The molecule has 0 radical (unpaired) electrons. The van der Waals surface area contributed by atoms with Gasteiger partial charge in [0.2, 0.25) is 70.9 Å². The fraction of sp³-hybridized carbons (Fsp3) is 0.628. The van der Waals surface area contributed by atoms with Crippen molar-refractivity contribution in [2.45, 2.75) is 244 Å². The highest BCUT2D eigenvalue weighted by Crippen LogP contribution is 2.20. The largest absolute Gasteiger partial charge is 0.481 e. The Labute approximate surface area is 688 Å². The summed E-state index contributed by atoms with van der Waals surface area (Å²) in [5, 5.41) is 69.0. The summed E-state index contributed by atoms with van der Waals surface area (Å²) in [5.74, 6) is -18.2. The summed E-state index contributed by atoms with van der Waals surface area (Å²) in [6.07, 6.45) is 0.270. The number of hydrogen-bond donors (Lipinski definition) is 20. The van der Waals surface area contributed by atoms with E-state index in [-0.39, 0.29) is 120 Å². The quantitative estimate of drug-likeness (QED) is 0.0203. The van der Waals surface area contributed by atoms with Gasteiger partial charge in [-0.1, -0.05) is 149 Å². The van der Waals surface area contributed by atoms with Crippen LogP contribution in [0.2, 0.25) is 0 Å². The number of guanidine groups is 2. The number of carboxylic acid groups (broad SMARTS) is 3. The number of amides is 12. The maximum atomic E-state index is 14.9. The van der Waals surface area contributed by atoms with Crippen molar-refractivity contribution in [3.8, 4) is 0 Å². The van der Waals surface area contributed by atoms with Crippen LogP contribution in [0.1, 0.15) is 164 Å². The first-order valence-corrected chi connectivity index (χ1v) is 40.8. The number of aliphatic imine (C=N–C) groups is 2.